The van der Waals surface area contributed by atoms with Crippen molar-refractivity contribution in [3.63, 3.8) is 0 Å². The lowest BCUT2D eigenvalue weighted by atomic mass is 10.1. The van der Waals surface area contributed by atoms with Crippen molar-refractivity contribution in [1.29, 1.82) is 0 Å². The van der Waals surface area contributed by atoms with E-state index in [9.17, 15) is 5.11 Å². The lowest BCUT2D eigenvalue weighted by molar-refractivity contribution is 0.199. The van der Waals surface area contributed by atoms with E-state index in [2.05, 4.69) is 22.9 Å². The van der Waals surface area contributed by atoms with E-state index >= 15 is 0 Å². The number of aliphatic hydroxyl groups is 2. The Bertz CT molecular complexity index is 342. The van der Waals surface area contributed by atoms with Crippen LogP contribution < -0.4 is 0 Å². The molecule has 90 valence electrons. The summed E-state index contributed by atoms with van der Waals surface area (Å²) in [6.07, 6.45) is 0.347. The van der Waals surface area contributed by atoms with E-state index in [1.165, 1.54) is 0 Å². The molecule has 0 spiro atoms. The number of aliphatic hydroxyl groups excluding tert-OH is 2. The third kappa shape index (κ3) is 4.09. The van der Waals surface area contributed by atoms with Gasteiger partial charge in [0.25, 0.3) is 0 Å². The van der Waals surface area contributed by atoms with E-state index in [0.29, 0.717) is 5.25 Å². The van der Waals surface area contributed by atoms with Gasteiger partial charge in [-0.05, 0) is 47.0 Å². The first-order valence-electron chi connectivity index (χ1n) is 5.29. The van der Waals surface area contributed by atoms with Crippen LogP contribution in [0, 0.1) is 0 Å². The van der Waals surface area contributed by atoms with Crippen molar-refractivity contribution in [2.75, 3.05) is 6.61 Å². The SMILES string of the molecule is CC(CCO)Sc1ccc([C@H](C)O)cc1Br. The maximum atomic E-state index is 9.44. The molecule has 0 aliphatic heterocycles. The van der Waals surface area contributed by atoms with Crippen LogP contribution in [-0.4, -0.2) is 22.1 Å². The highest BCUT2D eigenvalue weighted by Gasteiger charge is 2.09. The summed E-state index contributed by atoms with van der Waals surface area (Å²) >= 11 is 5.23. The zero-order valence-corrected chi connectivity index (χ0v) is 11.9. The van der Waals surface area contributed by atoms with Crippen molar-refractivity contribution < 1.29 is 10.2 Å². The van der Waals surface area contributed by atoms with Crippen molar-refractivity contribution in [1.82, 2.24) is 0 Å². The fourth-order valence-corrected chi connectivity index (χ4v) is 2.98. The lowest BCUT2D eigenvalue weighted by Crippen LogP contribution is -1.99. The fourth-order valence-electron chi connectivity index (χ4n) is 1.33. The largest absolute Gasteiger partial charge is 0.396 e. The Labute approximate surface area is 109 Å². The predicted octanol–water partition coefficient (Wildman–Crippen LogP) is 3.37. The van der Waals surface area contributed by atoms with Gasteiger partial charge in [-0.15, -0.1) is 11.8 Å². The summed E-state index contributed by atoms with van der Waals surface area (Å²) in [4.78, 5) is 1.14. The summed E-state index contributed by atoms with van der Waals surface area (Å²) in [6.45, 7) is 4.07. The maximum absolute atomic E-state index is 9.44. The van der Waals surface area contributed by atoms with Gasteiger partial charge in [0.05, 0.1) is 6.10 Å². The molecular formula is C12H17BrO2S. The zero-order chi connectivity index (χ0) is 12.1. The molecule has 0 radical (unpaired) electrons. The van der Waals surface area contributed by atoms with Crippen LogP contribution in [0.1, 0.15) is 31.9 Å². The molecule has 16 heavy (non-hydrogen) atoms. The number of halogens is 1. The summed E-state index contributed by atoms with van der Waals surface area (Å²) in [5.41, 5.74) is 0.908. The predicted molar refractivity (Wildman–Crippen MR) is 71.8 cm³/mol. The van der Waals surface area contributed by atoms with Crippen LogP contribution in [-0.2, 0) is 0 Å². The molecule has 1 unspecified atom stereocenters. The van der Waals surface area contributed by atoms with Crippen molar-refractivity contribution in [3.05, 3.63) is 28.2 Å². The average Bonchev–Trinajstić information content (AvgIpc) is 2.21. The van der Waals surface area contributed by atoms with Crippen molar-refractivity contribution in [3.8, 4) is 0 Å². The van der Waals surface area contributed by atoms with E-state index in [4.69, 9.17) is 5.11 Å². The molecule has 1 aromatic carbocycles. The molecule has 2 N–H and O–H groups in total. The van der Waals surface area contributed by atoms with Gasteiger partial charge in [-0.25, -0.2) is 0 Å². The van der Waals surface area contributed by atoms with Gasteiger partial charge >= 0.3 is 0 Å². The number of hydrogen-bond acceptors (Lipinski definition) is 3. The summed E-state index contributed by atoms with van der Waals surface area (Å²) in [5, 5.41) is 18.7. The highest BCUT2D eigenvalue weighted by atomic mass is 79.9. The number of rotatable bonds is 5. The summed E-state index contributed by atoms with van der Waals surface area (Å²) < 4.78 is 1.00. The highest BCUT2D eigenvalue weighted by molar-refractivity contribution is 9.10. The molecule has 0 fully saturated rings. The fraction of sp³-hybridized carbons (Fsp3) is 0.500. The topological polar surface area (TPSA) is 40.5 Å². The Balaban J connectivity index is 2.75. The molecule has 4 heteroatoms. The van der Waals surface area contributed by atoms with E-state index in [0.717, 1.165) is 21.4 Å². The Hall–Kier alpha value is -0.0300. The zero-order valence-electron chi connectivity index (χ0n) is 9.48. The van der Waals surface area contributed by atoms with Crippen LogP contribution in [0.5, 0.6) is 0 Å². The van der Waals surface area contributed by atoms with Crippen LogP contribution in [0.25, 0.3) is 0 Å². The Morgan fingerprint density at radius 1 is 1.38 bits per heavy atom. The second-order valence-electron chi connectivity index (χ2n) is 3.81. The summed E-state index contributed by atoms with van der Waals surface area (Å²) in [5.74, 6) is 0. The van der Waals surface area contributed by atoms with Crippen LogP contribution in [0.4, 0.5) is 0 Å². The molecule has 0 aliphatic rings. The van der Waals surface area contributed by atoms with Crippen LogP contribution in [0.3, 0.4) is 0 Å². The van der Waals surface area contributed by atoms with Crippen molar-refractivity contribution >= 4 is 27.7 Å². The molecule has 1 rings (SSSR count). The van der Waals surface area contributed by atoms with Gasteiger partial charge in [0.15, 0.2) is 0 Å². The second kappa shape index (κ2) is 6.64. The smallest absolute Gasteiger partial charge is 0.0762 e. The molecule has 0 heterocycles. The first kappa shape index (κ1) is 14.0. The van der Waals surface area contributed by atoms with Crippen LogP contribution in [0.2, 0.25) is 0 Å². The molecular weight excluding hydrogens is 288 g/mol. The van der Waals surface area contributed by atoms with Gasteiger partial charge in [0, 0.05) is 21.2 Å². The molecule has 0 amide bonds. The Morgan fingerprint density at radius 3 is 2.56 bits per heavy atom. The van der Waals surface area contributed by atoms with Crippen LogP contribution >= 0.6 is 27.7 Å². The first-order chi connectivity index (χ1) is 7.54. The average molecular weight is 305 g/mol. The Kier molecular flexibility index (Phi) is 5.83. The van der Waals surface area contributed by atoms with Gasteiger partial charge in [-0.2, -0.15) is 0 Å². The number of benzene rings is 1. The lowest BCUT2D eigenvalue weighted by Gasteiger charge is -2.12. The monoisotopic (exact) mass is 304 g/mol. The van der Waals surface area contributed by atoms with Gasteiger partial charge in [-0.3, -0.25) is 0 Å². The quantitative estimate of drug-likeness (QED) is 0.820. The van der Waals surface area contributed by atoms with Crippen molar-refractivity contribution in [2.45, 2.75) is 36.5 Å². The van der Waals surface area contributed by atoms with Crippen molar-refractivity contribution in [2.24, 2.45) is 0 Å². The van der Waals surface area contributed by atoms with Gasteiger partial charge in [-0.1, -0.05) is 13.0 Å². The van der Waals surface area contributed by atoms with Gasteiger partial charge < -0.3 is 10.2 Å². The molecule has 1 aromatic rings. The molecule has 0 aromatic heterocycles. The summed E-state index contributed by atoms with van der Waals surface area (Å²) in [7, 11) is 0. The molecule has 0 aliphatic carbocycles. The van der Waals surface area contributed by atoms with E-state index in [1.807, 2.05) is 18.2 Å². The molecule has 0 bridgehead atoms. The highest BCUT2D eigenvalue weighted by Crippen LogP contribution is 2.33. The molecule has 2 nitrogen and oxygen atoms in total. The molecule has 0 saturated heterocycles. The van der Waals surface area contributed by atoms with E-state index < -0.39 is 6.10 Å². The third-order valence-electron chi connectivity index (χ3n) is 2.30. The minimum Gasteiger partial charge on any atom is -0.396 e. The van der Waals surface area contributed by atoms with Crippen LogP contribution in [0.15, 0.2) is 27.6 Å². The molecule has 2 atom stereocenters. The number of hydrogen-bond donors (Lipinski definition) is 2. The first-order valence-corrected chi connectivity index (χ1v) is 6.97. The minimum atomic E-state index is -0.440. The normalized spacial score (nSPS) is 14.8. The van der Waals surface area contributed by atoms with Gasteiger partial charge in [0.1, 0.15) is 0 Å². The summed E-state index contributed by atoms with van der Waals surface area (Å²) in [6, 6.07) is 5.88. The number of thioether (sulfide) groups is 1. The second-order valence-corrected chi connectivity index (χ2v) is 6.14. The minimum absolute atomic E-state index is 0.220. The standard InChI is InChI=1S/C12H17BrO2S/c1-8(5-6-14)16-12-4-3-10(9(2)15)7-11(12)13/h3-4,7-9,14-15H,5-6H2,1-2H3/t8?,9-/m0/s1. The third-order valence-corrected chi connectivity index (χ3v) is 4.47. The van der Waals surface area contributed by atoms with E-state index in [1.54, 1.807) is 18.7 Å². The maximum Gasteiger partial charge on any atom is 0.0762 e. The Morgan fingerprint density at radius 2 is 2.06 bits per heavy atom. The molecule has 0 saturated carbocycles. The van der Waals surface area contributed by atoms with Gasteiger partial charge in [0.2, 0.25) is 0 Å². The van der Waals surface area contributed by atoms with E-state index in [-0.39, 0.29) is 6.61 Å².